The summed E-state index contributed by atoms with van der Waals surface area (Å²) in [6.07, 6.45) is 2.69. The van der Waals surface area contributed by atoms with E-state index >= 15 is 0 Å². The monoisotopic (exact) mass is 253 g/mol. The number of nitrogens with two attached hydrogens (primary N) is 1. The molecule has 2 rings (SSSR count). The molecule has 4 heteroatoms. The first-order chi connectivity index (χ1) is 8.22. The number of nitrogens with zero attached hydrogens (tertiary/aromatic N) is 1. The van der Waals surface area contributed by atoms with Crippen LogP contribution in [0.15, 0.2) is 0 Å². The van der Waals surface area contributed by atoms with E-state index in [2.05, 4.69) is 37.9 Å². The number of likely N-dealkylation sites (tertiary alicyclic amines) is 1. The van der Waals surface area contributed by atoms with Crippen LogP contribution in [0.4, 0.5) is 0 Å². The van der Waals surface area contributed by atoms with Gasteiger partial charge < -0.3 is 16.0 Å². The first-order valence-corrected chi connectivity index (χ1v) is 7.01. The standard InChI is InChI=1S/C14H27N3O/c1-13(2)6-11(7-14(3,4)16-13)17-9-10(8-15)5-12(17)18/h10-11,16H,5-9,15H2,1-4H3. The van der Waals surface area contributed by atoms with E-state index in [0.717, 1.165) is 19.4 Å². The van der Waals surface area contributed by atoms with Gasteiger partial charge in [-0.25, -0.2) is 0 Å². The summed E-state index contributed by atoms with van der Waals surface area (Å²) >= 11 is 0. The summed E-state index contributed by atoms with van der Waals surface area (Å²) in [5, 5.41) is 3.66. The number of amides is 1. The lowest BCUT2D eigenvalue weighted by atomic mass is 9.79. The molecule has 18 heavy (non-hydrogen) atoms. The van der Waals surface area contributed by atoms with Crippen molar-refractivity contribution in [2.75, 3.05) is 13.1 Å². The number of piperidine rings is 1. The number of hydrogen-bond acceptors (Lipinski definition) is 3. The van der Waals surface area contributed by atoms with E-state index in [-0.39, 0.29) is 11.1 Å². The average Bonchev–Trinajstić information content (AvgIpc) is 2.55. The first-order valence-electron chi connectivity index (χ1n) is 7.01. The number of nitrogens with one attached hydrogen (secondary N) is 1. The highest BCUT2D eigenvalue weighted by Gasteiger charge is 2.43. The maximum absolute atomic E-state index is 12.1. The molecule has 0 aromatic rings. The van der Waals surface area contributed by atoms with E-state index < -0.39 is 0 Å². The van der Waals surface area contributed by atoms with Gasteiger partial charge in [0.05, 0.1) is 0 Å². The van der Waals surface area contributed by atoms with Gasteiger partial charge in [0.1, 0.15) is 0 Å². The molecule has 1 amide bonds. The Morgan fingerprint density at radius 3 is 2.28 bits per heavy atom. The van der Waals surface area contributed by atoms with Gasteiger partial charge in [-0.1, -0.05) is 0 Å². The fourth-order valence-corrected chi connectivity index (χ4v) is 3.81. The van der Waals surface area contributed by atoms with Crippen LogP contribution in [-0.2, 0) is 4.79 Å². The van der Waals surface area contributed by atoms with Gasteiger partial charge in [0.2, 0.25) is 5.91 Å². The first kappa shape index (κ1) is 13.8. The highest BCUT2D eigenvalue weighted by molar-refractivity contribution is 5.79. The zero-order valence-electron chi connectivity index (χ0n) is 12.1. The Kier molecular flexibility index (Phi) is 3.45. The lowest BCUT2D eigenvalue weighted by Gasteiger charge is -2.49. The van der Waals surface area contributed by atoms with Crippen LogP contribution in [0.25, 0.3) is 0 Å². The Morgan fingerprint density at radius 1 is 1.28 bits per heavy atom. The zero-order valence-corrected chi connectivity index (χ0v) is 12.1. The van der Waals surface area contributed by atoms with Gasteiger partial charge in [-0.3, -0.25) is 4.79 Å². The summed E-state index contributed by atoms with van der Waals surface area (Å²) in [6.45, 7) is 10.4. The van der Waals surface area contributed by atoms with Crippen LogP contribution in [0, 0.1) is 5.92 Å². The molecule has 2 saturated heterocycles. The number of carbonyl (C=O) groups is 1. The second-order valence-electron chi connectivity index (χ2n) is 7.31. The van der Waals surface area contributed by atoms with Crippen molar-refractivity contribution >= 4 is 5.91 Å². The molecular formula is C14H27N3O. The number of carbonyl (C=O) groups excluding carboxylic acids is 1. The quantitative estimate of drug-likeness (QED) is 0.775. The molecule has 3 N–H and O–H groups in total. The van der Waals surface area contributed by atoms with Crippen molar-refractivity contribution in [1.82, 2.24) is 10.2 Å². The minimum Gasteiger partial charge on any atom is -0.339 e. The molecule has 4 nitrogen and oxygen atoms in total. The van der Waals surface area contributed by atoms with E-state index in [0.29, 0.717) is 30.8 Å². The predicted octanol–water partition coefficient (Wildman–Crippen LogP) is 1.10. The fourth-order valence-electron chi connectivity index (χ4n) is 3.81. The average molecular weight is 253 g/mol. The summed E-state index contributed by atoms with van der Waals surface area (Å²) in [4.78, 5) is 14.2. The maximum atomic E-state index is 12.1. The largest absolute Gasteiger partial charge is 0.339 e. The molecule has 0 radical (unpaired) electrons. The normalized spacial score (nSPS) is 31.9. The van der Waals surface area contributed by atoms with Crippen LogP contribution in [0.2, 0.25) is 0 Å². The summed E-state index contributed by atoms with van der Waals surface area (Å²) < 4.78 is 0. The van der Waals surface area contributed by atoms with Crippen molar-refractivity contribution in [2.45, 2.75) is 64.1 Å². The van der Waals surface area contributed by atoms with Crippen LogP contribution >= 0.6 is 0 Å². The molecule has 0 aliphatic carbocycles. The highest BCUT2D eigenvalue weighted by Crippen LogP contribution is 2.34. The molecule has 2 fully saturated rings. The third kappa shape index (κ3) is 2.86. The van der Waals surface area contributed by atoms with E-state index in [1.165, 1.54) is 0 Å². The van der Waals surface area contributed by atoms with Crippen LogP contribution < -0.4 is 11.1 Å². The predicted molar refractivity (Wildman–Crippen MR) is 73.2 cm³/mol. The zero-order chi connectivity index (χ0) is 13.6. The Balaban J connectivity index is 2.11. The van der Waals surface area contributed by atoms with Crippen LogP contribution in [-0.4, -0.2) is 41.0 Å². The molecule has 0 saturated carbocycles. The van der Waals surface area contributed by atoms with Gasteiger partial charge in [0.25, 0.3) is 0 Å². The molecule has 2 aliphatic rings. The maximum Gasteiger partial charge on any atom is 0.223 e. The molecule has 1 unspecified atom stereocenters. The van der Waals surface area contributed by atoms with E-state index in [9.17, 15) is 4.79 Å². The molecule has 1 atom stereocenters. The molecule has 104 valence electrons. The second-order valence-corrected chi connectivity index (χ2v) is 7.31. The Morgan fingerprint density at radius 2 is 1.83 bits per heavy atom. The van der Waals surface area contributed by atoms with Crippen molar-refractivity contribution in [1.29, 1.82) is 0 Å². The van der Waals surface area contributed by atoms with Crippen molar-refractivity contribution < 1.29 is 4.79 Å². The van der Waals surface area contributed by atoms with Crippen LogP contribution in [0.3, 0.4) is 0 Å². The van der Waals surface area contributed by atoms with Gasteiger partial charge in [-0.15, -0.1) is 0 Å². The second kappa shape index (κ2) is 4.49. The smallest absolute Gasteiger partial charge is 0.223 e. The summed E-state index contributed by atoms with van der Waals surface area (Å²) in [5.41, 5.74) is 5.88. The molecule has 0 aromatic carbocycles. The lowest BCUT2D eigenvalue weighted by Crippen LogP contribution is -2.62. The summed E-state index contributed by atoms with van der Waals surface area (Å²) in [5.74, 6) is 0.655. The van der Waals surface area contributed by atoms with E-state index in [1.807, 2.05) is 0 Å². The molecular weight excluding hydrogens is 226 g/mol. The van der Waals surface area contributed by atoms with Gasteiger partial charge in [0, 0.05) is 30.1 Å². The topological polar surface area (TPSA) is 58.4 Å². The molecule has 0 bridgehead atoms. The number of hydrogen-bond donors (Lipinski definition) is 2. The van der Waals surface area contributed by atoms with Crippen LogP contribution in [0.5, 0.6) is 0 Å². The van der Waals surface area contributed by atoms with Crippen molar-refractivity contribution in [3.63, 3.8) is 0 Å². The van der Waals surface area contributed by atoms with Crippen LogP contribution in [0.1, 0.15) is 47.0 Å². The Hall–Kier alpha value is -0.610. The van der Waals surface area contributed by atoms with E-state index in [1.54, 1.807) is 0 Å². The van der Waals surface area contributed by atoms with Crippen molar-refractivity contribution in [3.8, 4) is 0 Å². The minimum atomic E-state index is 0.0908. The van der Waals surface area contributed by atoms with E-state index in [4.69, 9.17) is 5.73 Å². The lowest BCUT2D eigenvalue weighted by molar-refractivity contribution is -0.131. The van der Waals surface area contributed by atoms with Gasteiger partial charge in [-0.2, -0.15) is 0 Å². The molecule has 0 aromatic heterocycles. The minimum absolute atomic E-state index is 0.0908. The third-order valence-electron chi connectivity index (χ3n) is 4.18. The Bertz CT molecular complexity index is 322. The van der Waals surface area contributed by atoms with Crippen molar-refractivity contribution in [3.05, 3.63) is 0 Å². The highest BCUT2D eigenvalue weighted by atomic mass is 16.2. The van der Waals surface area contributed by atoms with Gasteiger partial charge in [-0.05, 0) is 53.0 Å². The summed E-state index contributed by atoms with van der Waals surface area (Å²) in [6, 6.07) is 0.361. The van der Waals surface area contributed by atoms with Crippen molar-refractivity contribution in [2.24, 2.45) is 11.7 Å². The van der Waals surface area contributed by atoms with Gasteiger partial charge in [0.15, 0.2) is 0 Å². The third-order valence-corrected chi connectivity index (χ3v) is 4.18. The Labute approximate surface area is 110 Å². The molecule has 2 heterocycles. The SMILES string of the molecule is CC1(C)CC(N2CC(CN)CC2=O)CC(C)(C)N1. The molecule has 2 aliphatic heterocycles. The fraction of sp³-hybridized carbons (Fsp3) is 0.929. The molecule has 0 spiro atoms. The van der Waals surface area contributed by atoms with Gasteiger partial charge >= 0.3 is 0 Å². The number of rotatable bonds is 2. The summed E-state index contributed by atoms with van der Waals surface area (Å²) in [7, 11) is 0.